The second-order valence-electron chi connectivity index (χ2n) is 5.85. The lowest BCUT2D eigenvalue weighted by Gasteiger charge is -2.14. The van der Waals surface area contributed by atoms with Gasteiger partial charge in [-0.3, -0.25) is 4.98 Å². The normalized spacial score (nSPS) is 11.7. The number of aromatic nitrogens is 1. The first-order valence-electron chi connectivity index (χ1n) is 8.38. The van der Waals surface area contributed by atoms with E-state index in [1.54, 1.807) is 12.5 Å². The van der Waals surface area contributed by atoms with Crippen LogP contribution < -0.4 is 10.6 Å². The Kier molecular flexibility index (Phi) is 6.01. The van der Waals surface area contributed by atoms with E-state index in [4.69, 9.17) is 9.15 Å². The quantitative estimate of drug-likeness (QED) is 0.666. The van der Waals surface area contributed by atoms with Crippen molar-refractivity contribution < 1.29 is 13.9 Å². The molecule has 26 heavy (non-hydrogen) atoms. The van der Waals surface area contributed by atoms with E-state index in [1.807, 2.05) is 61.5 Å². The molecule has 2 heterocycles. The maximum Gasteiger partial charge on any atom is 0.319 e. The highest BCUT2D eigenvalue weighted by Gasteiger charge is 2.10. The molecule has 134 valence electrons. The second-order valence-corrected chi connectivity index (χ2v) is 5.85. The van der Waals surface area contributed by atoms with Crippen LogP contribution in [-0.2, 0) is 18.0 Å². The zero-order valence-corrected chi connectivity index (χ0v) is 14.5. The number of hydrogen-bond acceptors (Lipinski definition) is 4. The predicted octanol–water partition coefficient (Wildman–Crippen LogP) is 4.27. The fourth-order valence-electron chi connectivity index (χ4n) is 2.47. The van der Waals surface area contributed by atoms with E-state index in [1.165, 1.54) is 0 Å². The van der Waals surface area contributed by atoms with Crippen LogP contribution in [0.25, 0.3) is 0 Å². The fourth-order valence-corrected chi connectivity index (χ4v) is 2.47. The lowest BCUT2D eigenvalue weighted by atomic mass is 10.2. The molecule has 0 saturated carbocycles. The molecule has 2 aromatic heterocycles. The summed E-state index contributed by atoms with van der Waals surface area (Å²) in [5.74, 6) is 0.780. The molecule has 3 rings (SSSR count). The summed E-state index contributed by atoms with van der Waals surface area (Å²) in [6.07, 6.45) is 3.32. The van der Waals surface area contributed by atoms with Crippen LogP contribution in [0.5, 0.6) is 0 Å². The maximum atomic E-state index is 12.2. The molecule has 0 aliphatic rings. The minimum absolute atomic E-state index is 0.184. The van der Waals surface area contributed by atoms with Crippen molar-refractivity contribution in [2.24, 2.45) is 0 Å². The number of rotatable bonds is 7. The van der Waals surface area contributed by atoms with Crippen molar-refractivity contribution in [3.63, 3.8) is 0 Å². The van der Waals surface area contributed by atoms with Crippen molar-refractivity contribution in [1.82, 2.24) is 10.3 Å². The summed E-state index contributed by atoms with van der Waals surface area (Å²) in [5.41, 5.74) is 2.48. The van der Waals surface area contributed by atoms with Gasteiger partial charge in [0.1, 0.15) is 12.4 Å². The molecular formula is C20H21N3O3. The molecule has 2 amide bonds. The zero-order chi connectivity index (χ0) is 18.2. The summed E-state index contributed by atoms with van der Waals surface area (Å²) in [4.78, 5) is 16.4. The molecule has 0 aliphatic carbocycles. The van der Waals surface area contributed by atoms with Crippen molar-refractivity contribution in [2.45, 2.75) is 26.2 Å². The number of carbonyl (C=O) groups is 1. The summed E-state index contributed by atoms with van der Waals surface area (Å²) in [6.45, 7) is 2.73. The van der Waals surface area contributed by atoms with Crippen LogP contribution in [0.2, 0.25) is 0 Å². The number of amides is 2. The van der Waals surface area contributed by atoms with Crippen LogP contribution in [0, 0.1) is 0 Å². The minimum Gasteiger partial charge on any atom is -0.467 e. The van der Waals surface area contributed by atoms with Gasteiger partial charge in [0.25, 0.3) is 0 Å². The number of nitrogens with zero attached hydrogens (tertiary/aromatic N) is 1. The van der Waals surface area contributed by atoms with Crippen molar-refractivity contribution >= 4 is 11.7 Å². The number of ether oxygens (including phenoxy) is 1. The summed E-state index contributed by atoms with van der Waals surface area (Å²) in [5, 5.41) is 5.70. The van der Waals surface area contributed by atoms with Gasteiger partial charge in [0.05, 0.1) is 24.6 Å². The summed E-state index contributed by atoms with van der Waals surface area (Å²) >= 11 is 0. The van der Waals surface area contributed by atoms with Gasteiger partial charge in [-0.15, -0.1) is 0 Å². The SMILES string of the molecule is CC(NC(=O)Nc1cccc(COCc2ccco2)c1)c1ccccn1. The molecule has 1 atom stereocenters. The molecule has 6 heteroatoms. The highest BCUT2D eigenvalue weighted by molar-refractivity contribution is 5.89. The summed E-state index contributed by atoms with van der Waals surface area (Å²) < 4.78 is 10.8. The third kappa shape index (κ3) is 5.19. The number of carbonyl (C=O) groups excluding carboxylic acids is 1. The molecule has 0 aliphatic heterocycles. The monoisotopic (exact) mass is 351 g/mol. The lowest BCUT2D eigenvalue weighted by Crippen LogP contribution is -2.31. The Morgan fingerprint density at radius 3 is 2.85 bits per heavy atom. The molecule has 1 aromatic carbocycles. The maximum absolute atomic E-state index is 12.2. The van der Waals surface area contributed by atoms with E-state index < -0.39 is 0 Å². The van der Waals surface area contributed by atoms with Gasteiger partial charge >= 0.3 is 6.03 Å². The van der Waals surface area contributed by atoms with Gasteiger partial charge in [-0.05, 0) is 48.9 Å². The number of anilines is 1. The Hall–Kier alpha value is -3.12. The molecule has 6 nitrogen and oxygen atoms in total. The highest BCUT2D eigenvalue weighted by atomic mass is 16.5. The summed E-state index contributed by atoms with van der Waals surface area (Å²) in [6, 6.07) is 16.4. The molecule has 0 radical (unpaired) electrons. The molecule has 0 fully saturated rings. The smallest absolute Gasteiger partial charge is 0.319 e. The van der Waals surface area contributed by atoms with Crippen molar-refractivity contribution in [2.75, 3.05) is 5.32 Å². The van der Waals surface area contributed by atoms with Gasteiger partial charge in [-0.2, -0.15) is 0 Å². The van der Waals surface area contributed by atoms with Crippen molar-refractivity contribution in [3.05, 3.63) is 84.1 Å². The van der Waals surface area contributed by atoms with Crippen LogP contribution in [0.15, 0.2) is 71.5 Å². The number of urea groups is 1. The van der Waals surface area contributed by atoms with Crippen molar-refractivity contribution in [3.8, 4) is 0 Å². The van der Waals surface area contributed by atoms with Gasteiger partial charge in [0.2, 0.25) is 0 Å². The zero-order valence-electron chi connectivity index (χ0n) is 14.5. The number of benzene rings is 1. The van der Waals surface area contributed by atoms with Crippen LogP contribution in [0.3, 0.4) is 0 Å². The predicted molar refractivity (Wildman–Crippen MR) is 98.4 cm³/mol. The van der Waals surface area contributed by atoms with E-state index >= 15 is 0 Å². The topological polar surface area (TPSA) is 76.4 Å². The molecule has 1 unspecified atom stereocenters. The first kappa shape index (κ1) is 17.7. The van der Waals surface area contributed by atoms with Crippen LogP contribution >= 0.6 is 0 Å². The molecule has 0 bridgehead atoms. The van der Waals surface area contributed by atoms with Gasteiger partial charge in [-0.25, -0.2) is 4.79 Å². The third-order valence-corrected chi connectivity index (χ3v) is 3.76. The first-order chi connectivity index (χ1) is 12.7. The van der Waals surface area contributed by atoms with Crippen LogP contribution in [-0.4, -0.2) is 11.0 Å². The first-order valence-corrected chi connectivity index (χ1v) is 8.38. The van der Waals surface area contributed by atoms with E-state index in [0.29, 0.717) is 18.9 Å². The lowest BCUT2D eigenvalue weighted by molar-refractivity contribution is 0.0930. The van der Waals surface area contributed by atoms with E-state index in [-0.39, 0.29) is 12.1 Å². The molecule has 2 N–H and O–H groups in total. The van der Waals surface area contributed by atoms with E-state index in [0.717, 1.165) is 17.0 Å². The van der Waals surface area contributed by atoms with Gasteiger partial charge in [0, 0.05) is 11.9 Å². The Morgan fingerprint density at radius 1 is 1.15 bits per heavy atom. The number of hydrogen-bond donors (Lipinski definition) is 2. The third-order valence-electron chi connectivity index (χ3n) is 3.76. The van der Waals surface area contributed by atoms with E-state index in [2.05, 4.69) is 15.6 Å². The second kappa shape index (κ2) is 8.82. The standard InChI is InChI=1S/C20H21N3O3/c1-15(19-9-2-3-10-21-19)22-20(24)23-17-7-4-6-16(12-17)13-25-14-18-8-5-11-26-18/h2-12,15H,13-14H2,1H3,(H2,22,23,24). The van der Waals surface area contributed by atoms with Gasteiger partial charge in [0.15, 0.2) is 0 Å². The average Bonchev–Trinajstić information content (AvgIpc) is 3.16. The fraction of sp³-hybridized carbons (Fsp3) is 0.200. The highest BCUT2D eigenvalue weighted by Crippen LogP contribution is 2.14. The Bertz CT molecular complexity index is 819. The molecule has 0 saturated heterocycles. The van der Waals surface area contributed by atoms with Crippen LogP contribution in [0.4, 0.5) is 10.5 Å². The average molecular weight is 351 g/mol. The Labute approximate surface area is 152 Å². The van der Waals surface area contributed by atoms with Gasteiger partial charge in [-0.1, -0.05) is 18.2 Å². The molecule has 0 spiro atoms. The van der Waals surface area contributed by atoms with E-state index in [9.17, 15) is 4.79 Å². The number of furan rings is 1. The summed E-state index contributed by atoms with van der Waals surface area (Å²) in [7, 11) is 0. The van der Waals surface area contributed by atoms with Crippen LogP contribution in [0.1, 0.15) is 30.0 Å². The molecule has 3 aromatic rings. The largest absolute Gasteiger partial charge is 0.467 e. The number of pyridine rings is 1. The Morgan fingerprint density at radius 2 is 2.08 bits per heavy atom. The Balaban J connectivity index is 1.50. The minimum atomic E-state index is -0.281. The molecular weight excluding hydrogens is 330 g/mol. The van der Waals surface area contributed by atoms with Gasteiger partial charge < -0.3 is 19.8 Å². The van der Waals surface area contributed by atoms with Crippen molar-refractivity contribution in [1.29, 1.82) is 0 Å². The number of nitrogens with one attached hydrogen (secondary N) is 2.